The summed E-state index contributed by atoms with van der Waals surface area (Å²) in [4.78, 5) is 29.2. The lowest BCUT2D eigenvalue weighted by molar-refractivity contribution is -0.274. The minimum Gasteiger partial charge on any atom is -0.480 e. The van der Waals surface area contributed by atoms with Gasteiger partial charge in [0.15, 0.2) is 5.78 Å². The number of nitrogens with one attached hydrogen (secondary N) is 1. The highest BCUT2D eigenvalue weighted by atomic mass is 35.5. The Balaban J connectivity index is 1.77. The fourth-order valence-electron chi connectivity index (χ4n) is 5.65. The molecule has 3 atom stereocenters. The molecule has 8 nitrogen and oxygen atoms in total. The normalized spacial score (nSPS) is 20.6. The average Bonchev–Trinajstić information content (AvgIpc) is 3.13. The summed E-state index contributed by atoms with van der Waals surface area (Å²) in [5.41, 5.74) is 5.79. The van der Waals surface area contributed by atoms with Crippen molar-refractivity contribution in [3.63, 3.8) is 0 Å². The Kier molecular flexibility index (Phi) is 7.85. The molecule has 0 aliphatic heterocycles. The summed E-state index contributed by atoms with van der Waals surface area (Å²) in [7, 11) is 0. The molecule has 12 heteroatoms. The number of benzene rings is 2. The van der Waals surface area contributed by atoms with E-state index in [1.54, 1.807) is 6.07 Å². The van der Waals surface area contributed by atoms with Gasteiger partial charge in [-0.05, 0) is 73.9 Å². The molecule has 1 aromatic heterocycles. The Morgan fingerprint density at radius 3 is 2.45 bits per heavy atom. The molecule has 40 heavy (non-hydrogen) atoms. The van der Waals surface area contributed by atoms with E-state index in [-0.39, 0.29) is 27.8 Å². The van der Waals surface area contributed by atoms with Crippen LogP contribution in [0.1, 0.15) is 69.8 Å². The van der Waals surface area contributed by atoms with Crippen molar-refractivity contribution in [2.75, 3.05) is 5.32 Å². The first kappa shape index (κ1) is 29.7. The Morgan fingerprint density at radius 2 is 1.88 bits per heavy atom. The summed E-state index contributed by atoms with van der Waals surface area (Å²) in [5.74, 6) is -1.33. The number of carbonyl (C=O) groups excluding carboxylic acids is 1. The largest absolute Gasteiger partial charge is 0.573 e. The quantitative estimate of drug-likeness (QED) is 0.243. The third-order valence-corrected chi connectivity index (χ3v) is 7.48. The number of anilines is 2. The molecule has 4 rings (SSSR count). The minimum absolute atomic E-state index is 0.0241. The number of ether oxygens (including phenoxy) is 1. The van der Waals surface area contributed by atoms with E-state index >= 15 is 0 Å². The highest BCUT2D eigenvalue weighted by molar-refractivity contribution is 6.34. The number of alkyl halides is 3. The maximum atomic E-state index is 13.0. The predicted octanol–water partition coefficient (Wildman–Crippen LogP) is 7.09. The van der Waals surface area contributed by atoms with Crippen LogP contribution in [-0.2, 0) is 4.79 Å². The number of imidazole rings is 1. The molecule has 0 radical (unpaired) electrons. The molecule has 1 saturated carbocycles. The van der Waals surface area contributed by atoms with Gasteiger partial charge in [-0.2, -0.15) is 0 Å². The average molecular weight is 581 g/mol. The highest BCUT2D eigenvalue weighted by Crippen LogP contribution is 2.46. The van der Waals surface area contributed by atoms with Crippen molar-refractivity contribution in [3.8, 4) is 5.75 Å². The van der Waals surface area contributed by atoms with Crippen LogP contribution in [-0.4, -0.2) is 38.3 Å². The second-order valence-corrected chi connectivity index (χ2v) is 12.1. The van der Waals surface area contributed by atoms with Gasteiger partial charge < -0.3 is 25.5 Å². The van der Waals surface area contributed by atoms with E-state index < -0.39 is 30.1 Å². The summed E-state index contributed by atoms with van der Waals surface area (Å²) >= 11 is 6.57. The van der Waals surface area contributed by atoms with Gasteiger partial charge in [0.2, 0.25) is 5.95 Å². The van der Waals surface area contributed by atoms with Gasteiger partial charge in [-0.25, -0.2) is 4.98 Å². The van der Waals surface area contributed by atoms with Gasteiger partial charge in [0.1, 0.15) is 11.3 Å². The Bertz CT molecular complexity index is 1430. The number of rotatable bonds is 8. The number of hydrogen-bond donors (Lipinski definition) is 3. The first-order valence-corrected chi connectivity index (χ1v) is 13.2. The highest BCUT2D eigenvalue weighted by Gasteiger charge is 2.36. The molecule has 1 fully saturated rings. The van der Waals surface area contributed by atoms with Gasteiger partial charge in [-0.1, -0.05) is 32.4 Å². The van der Waals surface area contributed by atoms with Gasteiger partial charge in [-0.15, -0.1) is 13.2 Å². The second-order valence-electron chi connectivity index (χ2n) is 11.7. The number of aromatic nitrogens is 2. The molecule has 0 unspecified atom stereocenters. The molecule has 1 aliphatic rings. The molecule has 1 aliphatic carbocycles. The van der Waals surface area contributed by atoms with Crippen LogP contribution in [0.15, 0.2) is 36.4 Å². The van der Waals surface area contributed by atoms with Crippen LogP contribution in [0.25, 0.3) is 11.0 Å². The molecule has 0 saturated heterocycles. The molecule has 3 aromatic rings. The number of hydrogen-bond acceptors (Lipinski definition) is 6. The fraction of sp³-hybridized carbons (Fsp3) is 0.464. The zero-order chi connectivity index (χ0) is 29.6. The van der Waals surface area contributed by atoms with Crippen LogP contribution in [0, 0.1) is 11.3 Å². The Hall–Kier alpha value is -3.31. The van der Waals surface area contributed by atoms with Crippen molar-refractivity contribution in [2.24, 2.45) is 17.1 Å². The molecule has 2 aromatic carbocycles. The van der Waals surface area contributed by atoms with Gasteiger partial charge in [-0.3, -0.25) is 9.59 Å². The third kappa shape index (κ3) is 6.69. The molecule has 1 heterocycles. The fourth-order valence-corrected chi connectivity index (χ4v) is 5.92. The second kappa shape index (κ2) is 10.6. The molecule has 0 bridgehead atoms. The van der Waals surface area contributed by atoms with E-state index in [4.69, 9.17) is 22.3 Å². The smallest absolute Gasteiger partial charge is 0.480 e. The summed E-state index contributed by atoms with van der Waals surface area (Å²) in [6.45, 7) is 7.86. The minimum atomic E-state index is -4.80. The van der Waals surface area contributed by atoms with Gasteiger partial charge in [0.25, 0.3) is 0 Å². The van der Waals surface area contributed by atoms with Crippen molar-refractivity contribution in [1.82, 2.24) is 9.55 Å². The number of carbonyl (C=O) groups is 2. The number of fused-ring (bicyclic) bond motifs is 1. The first-order chi connectivity index (χ1) is 18.4. The van der Waals surface area contributed by atoms with Crippen LogP contribution < -0.4 is 15.8 Å². The molecule has 4 N–H and O–H groups in total. The number of aliphatic carboxylic acids is 1. The van der Waals surface area contributed by atoms with Crippen molar-refractivity contribution in [1.29, 1.82) is 0 Å². The summed E-state index contributed by atoms with van der Waals surface area (Å²) < 4.78 is 43.8. The summed E-state index contributed by atoms with van der Waals surface area (Å²) in [6, 6.07) is 8.50. The molecular formula is C28H32ClF3N4O4. The maximum Gasteiger partial charge on any atom is 0.573 e. The first-order valence-electron chi connectivity index (χ1n) is 12.8. The van der Waals surface area contributed by atoms with Gasteiger partial charge in [0.05, 0.1) is 16.1 Å². The number of ketones is 1. The third-order valence-electron chi connectivity index (χ3n) is 7.17. The lowest BCUT2D eigenvalue weighted by atomic mass is 9.70. The Labute approximate surface area is 234 Å². The molecule has 0 spiro atoms. The molecular weight excluding hydrogens is 549 g/mol. The van der Waals surface area contributed by atoms with Gasteiger partial charge in [0, 0.05) is 23.7 Å². The van der Waals surface area contributed by atoms with Crippen LogP contribution in [0.3, 0.4) is 0 Å². The van der Waals surface area contributed by atoms with E-state index in [1.165, 1.54) is 37.3 Å². The molecule has 0 amide bonds. The standard InChI is InChI=1S/C28H32ClF3N4O4/c1-15-9-17(13-26(2,3)12-15)36-22-11-20(29)19(23(37)14-27(4,33)24(38)39)10-21(22)35-25(36)34-16-5-7-18(8-6-16)40-28(30,31)32/h5-8,10-11,15,17H,9,12-14,33H2,1-4H3,(H,34,35)(H,38,39)/t15-,17+,27+/m0/s1. The van der Waals surface area contributed by atoms with E-state index in [0.29, 0.717) is 28.6 Å². The number of Topliss-reactive ketones (excluding diaryl/α,β-unsaturated/α-hetero) is 1. The number of carboxylic acid groups (broad SMARTS) is 1. The number of nitrogens with two attached hydrogens (primary N) is 1. The van der Waals surface area contributed by atoms with E-state index in [1.807, 2.05) is 4.57 Å². The van der Waals surface area contributed by atoms with E-state index in [2.05, 4.69) is 30.8 Å². The van der Waals surface area contributed by atoms with E-state index in [9.17, 15) is 27.9 Å². The topological polar surface area (TPSA) is 119 Å². The van der Waals surface area contributed by atoms with Crippen LogP contribution >= 0.6 is 11.6 Å². The predicted molar refractivity (Wildman–Crippen MR) is 146 cm³/mol. The van der Waals surface area contributed by atoms with Crippen LogP contribution in [0.4, 0.5) is 24.8 Å². The summed E-state index contributed by atoms with van der Waals surface area (Å²) in [5, 5.41) is 12.7. The van der Waals surface area contributed by atoms with Crippen molar-refractivity contribution in [3.05, 3.63) is 47.0 Å². The molecule has 216 valence electrons. The van der Waals surface area contributed by atoms with E-state index in [0.717, 1.165) is 19.3 Å². The zero-order valence-electron chi connectivity index (χ0n) is 22.6. The summed E-state index contributed by atoms with van der Waals surface area (Å²) in [6.07, 6.45) is -2.49. The zero-order valence-corrected chi connectivity index (χ0v) is 23.4. The van der Waals surface area contributed by atoms with Crippen molar-refractivity contribution in [2.45, 2.75) is 71.3 Å². The van der Waals surface area contributed by atoms with Crippen LogP contribution in [0.2, 0.25) is 5.02 Å². The number of halogens is 4. The monoisotopic (exact) mass is 580 g/mol. The van der Waals surface area contributed by atoms with Crippen molar-refractivity contribution < 1.29 is 32.6 Å². The van der Waals surface area contributed by atoms with Crippen molar-refractivity contribution >= 4 is 46.0 Å². The van der Waals surface area contributed by atoms with Gasteiger partial charge >= 0.3 is 12.3 Å². The Morgan fingerprint density at radius 1 is 1.23 bits per heavy atom. The lowest BCUT2D eigenvalue weighted by Crippen LogP contribution is -2.46. The maximum absolute atomic E-state index is 13.0. The SMILES string of the molecule is C[C@H]1C[C@@H](n2c(Nc3ccc(OC(F)(F)F)cc3)nc3cc(C(=O)C[C@@](C)(N)C(=O)O)c(Cl)cc32)CC(C)(C)C1. The lowest BCUT2D eigenvalue weighted by Gasteiger charge is -2.40. The number of nitrogens with zero attached hydrogens (tertiary/aromatic N) is 2. The number of carboxylic acids is 1. The van der Waals surface area contributed by atoms with Crippen LogP contribution in [0.5, 0.6) is 5.75 Å².